The van der Waals surface area contributed by atoms with Gasteiger partial charge in [-0.3, -0.25) is 0 Å². The van der Waals surface area contributed by atoms with Crippen LogP contribution in [0.2, 0.25) is 0 Å². The Bertz CT molecular complexity index is 526. The zero-order chi connectivity index (χ0) is 15.1. The van der Waals surface area contributed by atoms with Crippen molar-refractivity contribution in [3.05, 3.63) is 24.3 Å². The molecule has 1 fully saturated rings. The van der Waals surface area contributed by atoms with E-state index >= 15 is 0 Å². The molecule has 2 N–H and O–H groups in total. The summed E-state index contributed by atoms with van der Waals surface area (Å²) in [6.45, 7) is 1.81. The van der Waals surface area contributed by atoms with Crippen LogP contribution in [0.4, 0.5) is 0 Å². The zero-order valence-corrected chi connectivity index (χ0v) is 13.8. The van der Waals surface area contributed by atoms with E-state index in [1.165, 1.54) is 6.42 Å². The molecule has 1 aliphatic heterocycles. The van der Waals surface area contributed by atoms with Crippen LogP contribution in [0.25, 0.3) is 0 Å². The highest BCUT2D eigenvalue weighted by Crippen LogP contribution is 2.25. The van der Waals surface area contributed by atoms with Gasteiger partial charge in [-0.1, -0.05) is 0 Å². The van der Waals surface area contributed by atoms with Gasteiger partial charge in [0, 0.05) is 18.3 Å². The van der Waals surface area contributed by atoms with Crippen LogP contribution in [-0.4, -0.2) is 46.2 Å². The van der Waals surface area contributed by atoms with Gasteiger partial charge in [0.25, 0.3) is 0 Å². The minimum absolute atomic E-state index is 0.284. The SMILES string of the molecule is CNCCOc1ccc(S(=O)(=O)NCC2CCCS2)cc1. The maximum Gasteiger partial charge on any atom is 0.240 e. The molecular weight excluding hydrogens is 308 g/mol. The van der Waals surface area contributed by atoms with E-state index < -0.39 is 10.0 Å². The fraction of sp³-hybridized carbons (Fsp3) is 0.571. The molecule has 0 aromatic heterocycles. The first-order valence-corrected chi connectivity index (χ1v) is 9.64. The van der Waals surface area contributed by atoms with E-state index in [1.54, 1.807) is 24.3 Å². The van der Waals surface area contributed by atoms with Crippen molar-refractivity contribution in [1.29, 1.82) is 0 Å². The molecule has 21 heavy (non-hydrogen) atoms. The second-order valence-corrected chi connectivity index (χ2v) is 8.09. The fourth-order valence-electron chi connectivity index (χ4n) is 2.08. The van der Waals surface area contributed by atoms with E-state index in [2.05, 4.69) is 10.0 Å². The lowest BCUT2D eigenvalue weighted by atomic mass is 10.2. The Balaban J connectivity index is 1.89. The van der Waals surface area contributed by atoms with Crippen molar-refractivity contribution >= 4 is 21.8 Å². The Morgan fingerprint density at radius 1 is 1.33 bits per heavy atom. The third-order valence-electron chi connectivity index (χ3n) is 3.28. The first-order valence-electron chi connectivity index (χ1n) is 7.10. The Morgan fingerprint density at radius 3 is 2.71 bits per heavy atom. The molecule has 118 valence electrons. The monoisotopic (exact) mass is 330 g/mol. The summed E-state index contributed by atoms with van der Waals surface area (Å²) in [5.74, 6) is 1.81. The summed E-state index contributed by atoms with van der Waals surface area (Å²) in [4.78, 5) is 0.284. The first-order chi connectivity index (χ1) is 10.1. The van der Waals surface area contributed by atoms with Crippen LogP contribution in [0, 0.1) is 0 Å². The largest absolute Gasteiger partial charge is 0.492 e. The van der Waals surface area contributed by atoms with Crippen molar-refractivity contribution in [2.45, 2.75) is 23.0 Å². The van der Waals surface area contributed by atoms with Crippen LogP contribution < -0.4 is 14.8 Å². The maximum absolute atomic E-state index is 12.2. The molecule has 1 saturated heterocycles. The molecule has 0 aliphatic carbocycles. The highest BCUT2D eigenvalue weighted by atomic mass is 32.2. The average Bonchev–Trinajstić information content (AvgIpc) is 3.00. The number of benzene rings is 1. The normalized spacial score (nSPS) is 18.8. The Kier molecular flexibility index (Phi) is 6.35. The molecule has 0 spiro atoms. The van der Waals surface area contributed by atoms with Gasteiger partial charge in [-0.25, -0.2) is 13.1 Å². The van der Waals surface area contributed by atoms with Crippen molar-refractivity contribution in [3.8, 4) is 5.75 Å². The van der Waals surface area contributed by atoms with Crippen LogP contribution in [0.1, 0.15) is 12.8 Å². The minimum Gasteiger partial charge on any atom is -0.492 e. The molecule has 1 heterocycles. The molecule has 2 rings (SSSR count). The Morgan fingerprint density at radius 2 is 2.10 bits per heavy atom. The van der Waals surface area contributed by atoms with E-state index in [0.717, 1.165) is 18.7 Å². The molecule has 1 aromatic rings. The van der Waals surface area contributed by atoms with Crippen molar-refractivity contribution in [2.75, 3.05) is 32.5 Å². The van der Waals surface area contributed by atoms with Crippen LogP contribution in [0.5, 0.6) is 5.75 Å². The highest BCUT2D eigenvalue weighted by molar-refractivity contribution is 8.00. The van der Waals surface area contributed by atoms with E-state index in [-0.39, 0.29) is 4.90 Å². The number of rotatable bonds is 8. The summed E-state index contributed by atoms with van der Waals surface area (Å²) < 4.78 is 32.5. The van der Waals surface area contributed by atoms with Gasteiger partial charge < -0.3 is 10.1 Å². The molecule has 5 nitrogen and oxygen atoms in total. The molecule has 1 aromatic carbocycles. The summed E-state index contributed by atoms with van der Waals surface area (Å²) in [5.41, 5.74) is 0. The molecule has 1 unspecified atom stereocenters. The van der Waals surface area contributed by atoms with Crippen LogP contribution in [-0.2, 0) is 10.0 Å². The lowest BCUT2D eigenvalue weighted by Crippen LogP contribution is -2.29. The molecule has 0 amide bonds. The highest BCUT2D eigenvalue weighted by Gasteiger charge is 2.20. The van der Waals surface area contributed by atoms with Gasteiger partial charge in [-0.2, -0.15) is 11.8 Å². The second-order valence-electron chi connectivity index (χ2n) is 4.91. The van der Waals surface area contributed by atoms with Crippen LogP contribution in [0.15, 0.2) is 29.2 Å². The quantitative estimate of drug-likeness (QED) is 0.706. The predicted molar refractivity (Wildman–Crippen MR) is 86.5 cm³/mol. The van der Waals surface area contributed by atoms with E-state index in [4.69, 9.17) is 4.74 Å². The summed E-state index contributed by atoms with van der Waals surface area (Å²) in [5, 5.41) is 3.39. The summed E-state index contributed by atoms with van der Waals surface area (Å²) in [6.07, 6.45) is 2.27. The molecule has 0 radical (unpaired) electrons. The number of thioether (sulfide) groups is 1. The molecular formula is C14H22N2O3S2. The van der Waals surface area contributed by atoms with Gasteiger partial charge >= 0.3 is 0 Å². The van der Waals surface area contributed by atoms with Gasteiger partial charge in [0.2, 0.25) is 10.0 Å². The number of hydrogen-bond acceptors (Lipinski definition) is 5. The Hall–Kier alpha value is -0.760. The van der Waals surface area contributed by atoms with E-state index in [1.807, 2.05) is 18.8 Å². The van der Waals surface area contributed by atoms with E-state index in [0.29, 0.717) is 24.2 Å². The molecule has 0 saturated carbocycles. The van der Waals surface area contributed by atoms with Gasteiger partial charge in [0.15, 0.2) is 0 Å². The topological polar surface area (TPSA) is 67.4 Å². The summed E-state index contributed by atoms with van der Waals surface area (Å²) in [7, 11) is -1.57. The lowest BCUT2D eigenvalue weighted by molar-refractivity contribution is 0.318. The number of ether oxygens (including phenoxy) is 1. The number of likely N-dealkylation sites (N-methyl/N-ethyl adjacent to an activating group) is 1. The fourth-order valence-corrected chi connectivity index (χ4v) is 4.47. The molecule has 0 bridgehead atoms. The molecule has 1 atom stereocenters. The maximum atomic E-state index is 12.2. The molecule has 1 aliphatic rings. The second kappa shape index (κ2) is 8.03. The van der Waals surface area contributed by atoms with Gasteiger partial charge in [0.05, 0.1) is 4.90 Å². The lowest BCUT2D eigenvalue weighted by Gasteiger charge is -2.11. The standard InChI is InChI=1S/C14H22N2O3S2/c1-15-8-9-19-12-4-6-14(7-5-12)21(17,18)16-11-13-3-2-10-20-13/h4-7,13,15-16H,2-3,8-11H2,1H3. The minimum atomic E-state index is -3.42. The van der Waals surface area contributed by atoms with Gasteiger partial charge in [-0.15, -0.1) is 0 Å². The summed E-state index contributed by atoms with van der Waals surface area (Å²) >= 11 is 1.84. The third kappa shape index (κ3) is 5.18. The van der Waals surface area contributed by atoms with Crippen LogP contribution >= 0.6 is 11.8 Å². The summed E-state index contributed by atoms with van der Waals surface area (Å²) in [6, 6.07) is 6.54. The van der Waals surface area contributed by atoms with Crippen molar-refractivity contribution < 1.29 is 13.2 Å². The smallest absolute Gasteiger partial charge is 0.240 e. The number of nitrogens with one attached hydrogen (secondary N) is 2. The average molecular weight is 330 g/mol. The van der Waals surface area contributed by atoms with Gasteiger partial charge in [-0.05, 0) is 49.9 Å². The van der Waals surface area contributed by atoms with Crippen molar-refractivity contribution in [3.63, 3.8) is 0 Å². The van der Waals surface area contributed by atoms with E-state index in [9.17, 15) is 8.42 Å². The van der Waals surface area contributed by atoms with Crippen molar-refractivity contribution in [1.82, 2.24) is 10.0 Å². The molecule has 7 heteroatoms. The van der Waals surface area contributed by atoms with Gasteiger partial charge in [0.1, 0.15) is 12.4 Å². The Labute approximate surface area is 130 Å². The van der Waals surface area contributed by atoms with Crippen LogP contribution in [0.3, 0.4) is 0 Å². The zero-order valence-electron chi connectivity index (χ0n) is 12.2. The number of hydrogen-bond donors (Lipinski definition) is 2. The predicted octanol–water partition coefficient (Wildman–Crippen LogP) is 1.46. The third-order valence-corrected chi connectivity index (χ3v) is 6.12. The van der Waals surface area contributed by atoms with Crippen molar-refractivity contribution in [2.24, 2.45) is 0 Å². The first kappa shape index (κ1) is 16.6. The number of sulfonamides is 1.